The quantitative estimate of drug-likeness (QED) is 0.652. The molecule has 1 N–H and O–H groups in total. The molecule has 2 aromatic carbocycles. The van der Waals surface area contributed by atoms with Crippen LogP contribution in [0.1, 0.15) is 15.2 Å². The Morgan fingerprint density at radius 3 is 2.43 bits per heavy atom. The molecule has 0 atom stereocenters. The zero-order chi connectivity index (χ0) is 19.7. The van der Waals surface area contributed by atoms with Crippen molar-refractivity contribution in [3.8, 4) is 0 Å². The number of fused-ring (bicyclic) bond motifs is 1. The Labute approximate surface area is 172 Å². The molecule has 1 aliphatic heterocycles. The number of halogens is 1. The van der Waals surface area contributed by atoms with Gasteiger partial charge in [-0.15, -0.1) is 11.3 Å². The molecule has 0 saturated carbocycles. The number of amides is 3. The van der Waals surface area contributed by atoms with E-state index >= 15 is 0 Å². The molecule has 3 amide bonds. The molecule has 28 heavy (non-hydrogen) atoms. The van der Waals surface area contributed by atoms with Gasteiger partial charge in [0.2, 0.25) is 0 Å². The first-order chi connectivity index (χ1) is 13.5. The lowest BCUT2D eigenvalue weighted by Crippen LogP contribution is -2.51. The van der Waals surface area contributed by atoms with Crippen LogP contribution in [0.25, 0.3) is 10.1 Å². The molecule has 4 rings (SSSR count). The van der Waals surface area contributed by atoms with Gasteiger partial charge >= 0.3 is 6.03 Å². The van der Waals surface area contributed by atoms with E-state index in [0.29, 0.717) is 36.9 Å². The highest BCUT2D eigenvalue weighted by molar-refractivity contribution is 7.20. The fraction of sp³-hybridized carbons (Fsp3) is 0.238. The Hall–Kier alpha value is -2.57. The van der Waals surface area contributed by atoms with E-state index in [0.717, 1.165) is 20.5 Å². The molecule has 3 aromatic rings. The highest BCUT2D eigenvalue weighted by Crippen LogP contribution is 2.26. The Morgan fingerprint density at radius 2 is 1.71 bits per heavy atom. The fourth-order valence-electron chi connectivity index (χ4n) is 3.23. The molecule has 0 aliphatic carbocycles. The highest BCUT2D eigenvalue weighted by atomic mass is 35.5. The first-order valence-corrected chi connectivity index (χ1v) is 10.3. The van der Waals surface area contributed by atoms with Gasteiger partial charge in [0, 0.05) is 41.6 Å². The van der Waals surface area contributed by atoms with Crippen LogP contribution < -0.4 is 5.32 Å². The van der Waals surface area contributed by atoms with Crippen molar-refractivity contribution >= 4 is 50.6 Å². The lowest BCUT2D eigenvalue weighted by Gasteiger charge is -2.34. The fourth-order valence-corrected chi connectivity index (χ4v) is 4.44. The van der Waals surface area contributed by atoms with Gasteiger partial charge in [0.25, 0.3) is 5.91 Å². The largest absolute Gasteiger partial charge is 0.334 e. The first-order valence-electron chi connectivity index (χ1n) is 9.11. The van der Waals surface area contributed by atoms with E-state index in [-0.39, 0.29) is 11.9 Å². The molecule has 2 heterocycles. The number of piperazine rings is 1. The molecule has 0 unspecified atom stereocenters. The number of anilines is 1. The second-order valence-corrected chi connectivity index (χ2v) is 8.31. The number of benzene rings is 2. The predicted molar refractivity (Wildman–Crippen MR) is 115 cm³/mol. The Kier molecular flexibility index (Phi) is 5.24. The van der Waals surface area contributed by atoms with Crippen molar-refractivity contribution < 1.29 is 9.59 Å². The van der Waals surface area contributed by atoms with E-state index in [1.54, 1.807) is 11.0 Å². The molecule has 7 heteroatoms. The van der Waals surface area contributed by atoms with E-state index in [9.17, 15) is 9.59 Å². The van der Waals surface area contributed by atoms with Gasteiger partial charge in [-0.25, -0.2) is 4.79 Å². The summed E-state index contributed by atoms with van der Waals surface area (Å²) in [5.74, 6) is 0.0339. The van der Waals surface area contributed by atoms with Crippen LogP contribution in [0.2, 0.25) is 5.02 Å². The predicted octanol–water partition coefficient (Wildman–Crippen LogP) is 4.85. The third kappa shape index (κ3) is 3.84. The van der Waals surface area contributed by atoms with Gasteiger partial charge in [-0.3, -0.25) is 4.79 Å². The Morgan fingerprint density at radius 1 is 1.00 bits per heavy atom. The number of carbonyl (C=O) groups excluding carboxylic acids is 2. The van der Waals surface area contributed by atoms with Gasteiger partial charge < -0.3 is 15.1 Å². The average Bonchev–Trinajstić information content (AvgIpc) is 3.14. The van der Waals surface area contributed by atoms with Crippen LogP contribution in [0.3, 0.4) is 0 Å². The van der Waals surface area contributed by atoms with Gasteiger partial charge in [0.1, 0.15) is 0 Å². The van der Waals surface area contributed by atoms with Crippen LogP contribution in [0.15, 0.2) is 48.5 Å². The molecule has 1 saturated heterocycles. The van der Waals surface area contributed by atoms with E-state index in [1.165, 1.54) is 11.3 Å². The summed E-state index contributed by atoms with van der Waals surface area (Å²) in [5, 5.41) is 4.58. The van der Waals surface area contributed by atoms with Crippen LogP contribution >= 0.6 is 22.9 Å². The minimum atomic E-state index is -0.172. The van der Waals surface area contributed by atoms with Gasteiger partial charge in [0.05, 0.1) is 4.88 Å². The molecule has 144 valence electrons. The summed E-state index contributed by atoms with van der Waals surface area (Å²) in [4.78, 5) is 29.6. The lowest BCUT2D eigenvalue weighted by atomic mass is 10.2. The Bertz CT molecular complexity index is 1010. The van der Waals surface area contributed by atoms with Crippen LogP contribution in [0, 0.1) is 6.92 Å². The molecule has 5 nitrogen and oxygen atoms in total. The molecule has 1 aromatic heterocycles. The topological polar surface area (TPSA) is 52.7 Å². The van der Waals surface area contributed by atoms with E-state index in [1.807, 2.05) is 54.3 Å². The SMILES string of the molecule is Cc1ccc(NC(=O)N2CCN(C(=O)c3cc4ccccc4s3)CC2)cc1Cl. The average molecular weight is 414 g/mol. The second kappa shape index (κ2) is 7.81. The summed E-state index contributed by atoms with van der Waals surface area (Å²) in [5.41, 5.74) is 1.64. The maximum atomic E-state index is 12.8. The minimum Gasteiger partial charge on any atom is -0.334 e. The summed E-state index contributed by atoms with van der Waals surface area (Å²) in [6, 6.07) is 15.2. The van der Waals surface area contributed by atoms with Crippen molar-refractivity contribution in [2.75, 3.05) is 31.5 Å². The van der Waals surface area contributed by atoms with Crippen molar-refractivity contribution in [3.05, 3.63) is 64.0 Å². The van der Waals surface area contributed by atoms with Crippen LogP contribution in [0.4, 0.5) is 10.5 Å². The zero-order valence-corrected chi connectivity index (χ0v) is 17.0. The number of rotatable bonds is 2. The van der Waals surface area contributed by atoms with Gasteiger partial charge in [-0.1, -0.05) is 35.9 Å². The number of hydrogen-bond acceptors (Lipinski definition) is 3. The molecule has 0 bridgehead atoms. The van der Waals surface area contributed by atoms with Crippen molar-refractivity contribution in [3.63, 3.8) is 0 Å². The van der Waals surface area contributed by atoms with Crippen molar-refractivity contribution in [1.82, 2.24) is 9.80 Å². The highest BCUT2D eigenvalue weighted by Gasteiger charge is 2.26. The Balaban J connectivity index is 1.36. The molecular weight excluding hydrogens is 394 g/mol. The molecule has 0 spiro atoms. The lowest BCUT2D eigenvalue weighted by molar-refractivity contribution is 0.0676. The maximum Gasteiger partial charge on any atom is 0.321 e. The number of urea groups is 1. The standard InChI is InChI=1S/C21H20ClN3O2S/c1-14-6-7-16(13-17(14)22)23-21(27)25-10-8-24(9-11-25)20(26)19-12-15-4-2-3-5-18(15)28-19/h2-7,12-13H,8-11H2,1H3,(H,23,27). The van der Waals surface area contributed by atoms with Crippen LogP contribution in [-0.4, -0.2) is 47.9 Å². The number of nitrogens with one attached hydrogen (secondary N) is 1. The summed E-state index contributed by atoms with van der Waals surface area (Å²) >= 11 is 7.63. The number of aryl methyl sites for hydroxylation is 1. The zero-order valence-electron chi connectivity index (χ0n) is 15.4. The van der Waals surface area contributed by atoms with Gasteiger partial charge in [0.15, 0.2) is 0 Å². The molecule has 1 aliphatic rings. The third-order valence-corrected chi connectivity index (χ3v) is 6.42. The minimum absolute atomic E-state index is 0.0339. The van der Waals surface area contributed by atoms with Crippen LogP contribution in [0.5, 0.6) is 0 Å². The van der Waals surface area contributed by atoms with Crippen molar-refractivity contribution in [2.45, 2.75) is 6.92 Å². The smallest absolute Gasteiger partial charge is 0.321 e. The monoisotopic (exact) mass is 413 g/mol. The van der Waals surface area contributed by atoms with E-state index in [4.69, 9.17) is 11.6 Å². The summed E-state index contributed by atoms with van der Waals surface area (Å²) < 4.78 is 1.11. The third-order valence-electron chi connectivity index (χ3n) is 4.91. The number of nitrogens with zero attached hydrogens (tertiary/aromatic N) is 2. The van der Waals surface area contributed by atoms with E-state index < -0.39 is 0 Å². The normalized spacial score (nSPS) is 14.4. The van der Waals surface area contributed by atoms with Gasteiger partial charge in [-0.2, -0.15) is 0 Å². The number of hydrogen-bond donors (Lipinski definition) is 1. The van der Waals surface area contributed by atoms with Crippen LogP contribution in [-0.2, 0) is 0 Å². The number of thiophene rings is 1. The summed E-state index contributed by atoms with van der Waals surface area (Å²) in [7, 11) is 0. The molecular formula is C21H20ClN3O2S. The molecule has 0 radical (unpaired) electrons. The van der Waals surface area contributed by atoms with E-state index in [2.05, 4.69) is 5.32 Å². The molecule has 1 fully saturated rings. The number of carbonyl (C=O) groups is 2. The second-order valence-electron chi connectivity index (χ2n) is 6.82. The maximum absolute atomic E-state index is 12.8. The first kappa shape index (κ1) is 18.8. The summed E-state index contributed by atoms with van der Waals surface area (Å²) in [6.07, 6.45) is 0. The van der Waals surface area contributed by atoms with Crippen molar-refractivity contribution in [2.24, 2.45) is 0 Å². The van der Waals surface area contributed by atoms with Crippen molar-refractivity contribution in [1.29, 1.82) is 0 Å². The van der Waals surface area contributed by atoms with Gasteiger partial charge in [-0.05, 0) is 42.1 Å². The summed E-state index contributed by atoms with van der Waals surface area (Å²) in [6.45, 7) is 3.97.